The first-order chi connectivity index (χ1) is 20.7. The molecule has 0 aliphatic carbocycles. The Balaban J connectivity index is 0.00000576. The third kappa shape index (κ3) is 7.93. The van der Waals surface area contributed by atoms with Gasteiger partial charge in [-0.2, -0.15) is 4.39 Å². The van der Waals surface area contributed by atoms with E-state index in [-0.39, 0.29) is 30.2 Å². The van der Waals surface area contributed by atoms with Gasteiger partial charge in [-0.15, -0.1) is 10.2 Å². The lowest BCUT2D eigenvalue weighted by Crippen LogP contribution is -2.51. The number of nitrogens with zero attached hydrogens (tertiary/aromatic N) is 3. The first kappa shape index (κ1) is 33.7. The number of hydrogen-bond donors (Lipinski definition) is 1. The van der Waals surface area contributed by atoms with Crippen LogP contribution in [0.1, 0.15) is 61.3 Å². The number of rotatable bonds is 7. The van der Waals surface area contributed by atoms with Crippen molar-refractivity contribution in [3.05, 3.63) is 53.9 Å². The second-order valence-electron chi connectivity index (χ2n) is 12.8. The lowest BCUT2D eigenvalue weighted by atomic mass is 9.97. The SMILES string of the molecule is CC(C)(C)OC(=O)N[C@H]1CS(=O)(=O)c2ccc(-c3nnc(C(C)(C)C)o3)cc2N(Cc2ccc(OC(C)(F)C(F)F)cc2)C1=O.[HH]. The van der Waals surface area contributed by atoms with Crippen LogP contribution >= 0.6 is 0 Å². The van der Waals surface area contributed by atoms with E-state index in [1.165, 1.54) is 47.4 Å². The molecule has 0 saturated carbocycles. The third-order valence-corrected chi connectivity index (χ3v) is 8.30. The van der Waals surface area contributed by atoms with Gasteiger partial charge in [-0.05, 0) is 56.7 Å². The molecule has 1 N–H and O–H groups in total. The summed E-state index contributed by atoms with van der Waals surface area (Å²) in [6.45, 7) is 10.9. The number of carbonyl (C=O) groups is 2. The molecule has 2 atom stereocenters. The summed E-state index contributed by atoms with van der Waals surface area (Å²) in [6.07, 6.45) is -4.38. The molecule has 45 heavy (non-hydrogen) atoms. The van der Waals surface area contributed by atoms with E-state index in [9.17, 15) is 31.2 Å². The van der Waals surface area contributed by atoms with Gasteiger partial charge < -0.3 is 24.1 Å². The van der Waals surface area contributed by atoms with Crippen LogP contribution in [0, 0.1) is 0 Å². The summed E-state index contributed by atoms with van der Waals surface area (Å²) in [7, 11) is -4.16. The first-order valence-corrected chi connectivity index (χ1v) is 15.6. The maximum Gasteiger partial charge on any atom is 0.408 e. The summed E-state index contributed by atoms with van der Waals surface area (Å²) in [6, 6.07) is 8.01. The number of sulfone groups is 1. The Morgan fingerprint density at radius 1 is 1.09 bits per heavy atom. The van der Waals surface area contributed by atoms with Crippen LogP contribution in [-0.4, -0.2) is 60.3 Å². The lowest BCUT2D eigenvalue weighted by Gasteiger charge is -2.27. The Morgan fingerprint density at radius 2 is 1.73 bits per heavy atom. The standard InChI is InChI=1S/C30H35F3N4O7S.H2/c1-28(2,3)26-36-35-23(42-26)18-10-13-22-21(14-18)37(15-17-8-11-19(12-9-17)43-30(7,33)25(31)32)24(38)20(16-45(22,40)41)34-27(39)44-29(4,5)6;/h8-14,20,25H,15-16H2,1-7H3,(H,34,39);1H/t20-,30?;/m0./s1. The van der Waals surface area contributed by atoms with Gasteiger partial charge in [-0.1, -0.05) is 32.9 Å². The molecule has 0 fully saturated rings. The predicted molar refractivity (Wildman–Crippen MR) is 160 cm³/mol. The first-order valence-electron chi connectivity index (χ1n) is 13.9. The molecule has 0 spiro atoms. The van der Waals surface area contributed by atoms with Crippen molar-refractivity contribution < 1.29 is 46.5 Å². The number of fused-ring (bicyclic) bond motifs is 1. The van der Waals surface area contributed by atoms with Crippen molar-refractivity contribution in [2.45, 2.75) is 89.2 Å². The Labute approximate surface area is 260 Å². The van der Waals surface area contributed by atoms with Crippen LogP contribution in [-0.2, 0) is 31.3 Å². The molecule has 2 aromatic carbocycles. The van der Waals surface area contributed by atoms with E-state index >= 15 is 0 Å². The molecule has 1 aliphatic rings. The number of aromatic nitrogens is 2. The Bertz CT molecular complexity index is 1690. The highest BCUT2D eigenvalue weighted by molar-refractivity contribution is 7.91. The average molecular weight is 655 g/mol. The van der Waals surface area contributed by atoms with Gasteiger partial charge in [-0.25, -0.2) is 22.0 Å². The summed E-state index contributed by atoms with van der Waals surface area (Å²) in [5.41, 5.74) is -0.660. The number of alkyl halides is 3. The number of carbonyl (C=O) groups excluding carboxylic acids is 2. The van der Waals surface area contributed by atoms with Gasteiger partial charge in [0.2, 0.25) is 11.8 Å². The molecule has 246 valence electrons. The number of alkyl carbamates (subject to hydrolysis) is 1. The number of anilines is 1. The Kier molecular flexibility index (Phi) is 8.99. The summed E-state index contributed by atoms with van der Waals surface area (Å²) in [5, 5.41) is 10.5. The molecule has 0 radical (unpaired) electrons. The Morgan fingerprint density at radius 3 is 2.29 bits per heavy atom. The molecule has 2 heterocycles. The van der Waals surface area contributed by atoms with Crippen molar-refractivity contribution in [2.24, 2.45) is 0 Å². The van der Waals surface area contributed by atoms with Crippen LogP contribution in [0.4, 0.5) is 23.7 Å². The molecule has 1 aliphatic heterocycles. The highest BCUT2D eigenvalue weighted by Crippen LogP contribution is 2.36. The average Bonchev–Trinajstić information content (AvgIpc) is 3.39. The topological polar surface area (TPSA) is 141 Å². The van der Waals surface area contributed by atoms with Crippen LogP contribution < -0.4 is 15.0 Å². The van der Waals surface area contributed by atoms with Crippen molar-refractivity contribution in [1.82, 2.24) is 15.5 Å². The minimum Gasteiger partial charge on any atom is -0.453 e. The van der Waals surface area contributed by atoms with E-state index in [0.717, 1.165) is 0 Å². The normalized spacial score (nSPS) is 18.2. The monoisotopic (exact) mass is 654 g/mol. The van der Waals surface area contributed by atoms with Gasteiger partial charge >= 0.3 is 18.4 Å². The number of ether oxygens (including phenoxy) is 2. The molecule has 1 aromatic heterocycles. The number of amides is 2. The van der Waals surface area contributed by atoms with Crippen molar-refractivity contribution in [3.63, 3.8) is 0 Å². The maximum atomic E-state index is 14.1. The third-order valence-electron chi connectivity index (χ3n) is 6.51. The number of hydrogen-bond acceptors (Lipinski definition) is 9. The van der Waals surface area contributed by atoms with Gasteiger partial charge in [0.25, 0.3) is 5.91 Å². The molecular weight excluding hydrogens is 617 g/mol. The van der Waals surface area contributed by atoms with Crippen LogP contribution in [0.3, 0.4) is 0 Å². The fraction of sp³-hybridized carbons (Fsp3) is 0.467. The molecule has 0 saturated heterocycles. The maximum absolute atomic E-state index is 14.1. The molecule has 3 aromatic rings. The van der Waals surface area contributed by atoms with E-state index in [1.54, 1.807) is 20.8 Å². The summed E-state index contributed by atoms with van der Waals surface area (Å²) < 4.78 is 83.0. The minimum atomic E-state index is -4.16. The molecule has 1 unspecified atom stereocenters. The fourth-order valence-corrected chi connectivity index (χ4v) is 5.90. The van der Waals surface area contributed by atoms with Crippen molar-refractivity contribution >= 4 is 27.5 Å². The van der Waals surface area contributed by atoms with Crippen LogP contribution in [0.5, 0.6) is 5.75 Å². The van der Waals surface area contributed by atoms with E-state index in [2.05, 4.69) is 15.5 Å². The van der Waals surface area contributed by atoms with Gasteiger partial charge in [-0.3, -0.25) is 4.79 Å². The molecule has 15 heteroatoms. The van der Waals surface area contributed by atoms with Crippen molar-refractivity contribution in [3.8, 4) is 17.2 Å². The van der Waals surface area contributed by atoms with Crippen LogP contribution in [0.2, 0.25) is 0 Å². The van der Waals surface area contributed by atoms with Gasteiger partial charge in [0.15, 0.2) is 9.84 Å². The number of halogens is 3. The second-order valence-corrected chi connectivity index (χ2v) is 14.8. The highest BCUT2D eigenvalue weighted by atomic mass is 32.2. The zero-order chi connectivity index (χ0) is 33.5. The van der Waals surface area contributed by atoms with E-state index in [4.69, 9.17) is 13.9 Å². The van der Waals surface area contributed by atoms with Crippen LogP contribution in [0.15, 0.2) is 51.8 Å². The molecule has 4 rings (SSSR count). The molecule has 0 bridgehead atoms. The molecule has 11 nitrogen and oxygen atoms in total. The quantitative estimate of drug-likeness (QED) is 0.334. The number of benzene rings is 2. The zero-order valence-corrected chi connectivity index (χ0v) is 26.7. The zero-order valence-electron chi connectivity index (χ0n) is 25.9. The molecule has 2 amide bonds. The number of nitrogens with one attached hydrogen (secondary N) is 1. The van der Waals surface area contributed by atoms with E-state index < -0.39 is 56.9 Å². The highest BCUT2D eigenvalue weighted by Gasteiger charge is 2.40. The van der Waals surface area contributed by atoms with Crippen molar-refractivity contribution in [1.29, 1.82) is 0 Å². The smallest absolute Gasteiger partial charge is 0.408 e. The van der Waals surface area contributed by atoms with E-state index in [0.29, 0.717) is 23.9 Å². The predicted octanol–water partition coefficient (Wildman–Crippen LogP) is 5.82. The van der Waals surface area contributed by atoms with Crippen LogP contribution in [0.25, 0.3) is 11.5 Å². The minimum absolute atomic E-state index is 0. The van der Waals surface area contributed by atoms with Crippen molar-refractivity contribution in [2.75, 3.05) is 10.7 Å². The van der Waals surface area contributed by atoms with Gasteiger partial charge in [0.1, 0.15) is 17.4 Å². The summed E-state index contributed by atoms with van der Waals surface area (Å²) in [4.78, 5) is 27.6. The Hall–Kier alpha value is -4.14. The lowest BCUT2D eigenvalue weighted by molar-refractivity contribution is -0.152. The van der Waals surface area contributed by atoms with E-state index in [1.807, 2.05) is 20.8 Å². The fourth-order valence-electron chi connectivity index (χ4n) is 4.29. The second kappa shape index (κ2) is 12.0. The largest absolute Gasteiger partial charge is 0.453 e. The molecular formula is C30H37F3N4O7S. The van der Waals surface area contributed by atoms with Gasteiger partial charge in [0, 0.05) is 19.3 Å². The summed E-state index contributed by atoms with van der Waals surface area (Å²) >= 11 is 0. The van der Waals surface area contributed by atoms with Gasteiger partial charge in [0.05, 0.1) is 22.9 Å². The summed E-state index contributed by atoms with van der Waals surface area (Å²) in [5.74, 6) is -4.50.